The third-order valence-corrected chi connectivity index (χ3v) is 21.8. The van der Waals surface area contributed by atoms with Crippen LogP contribution in [0.2, 0.25) is 0 Å². The van der Waals surface area contributed by atoms with Crippen LogP contribution in [-0.2, 0) is 47.5 Å². The van der Waals surface area contributed by atoms with Crippen LogP contribution in [0.4, 0.5) is 0 Å². The van der Waals surface area contributed by atoms with E-state index in [-0.39, 0.29) is 45.8 Å². The van der Waals surface area contributed by atoms with Crippen LogP contribution in [0.3, 0.4) is 0 Å². The Morgan fingerprint density at radius 1 is 0.584 bits per heavy atom. The Labute approximate surface area is 448 Å². The summed E-state index contributed by atoms with van der Waals surface area (Å²) in [4.78, 5) is 27.0. The minimum atomic E-state index is -1.88. The number of ether oxygens (including phenoxy) is 8. The van der Waals surface area contributed by atoms with Crippen LogP contribution >= 0.6 is 0 Å². The Bertz CT molecular complexity index is 2150. The third-order valence-electron chi connectivity index (χ3n) is 21.8. The lowest BCUT2D eigenvalue weighted by Crippen LogP contribution is -2.68. The van der Waals surface area contributed by atoms with Crippen LogP contribution < -0.4 is 0 Å². The van der Waals surface area contributed by atoms with E-state index < -0.39 is 165 Å². The van der Waals surface area contributed by atoms with Gasteiger partial charge in [-0.2, -0.15) is 0 Å². The van der Waals surface area contributed by atoms with Gasteiger partial charge < -0.3 is 104 Å². The molecule has 0 unspecified atom stereocenters. The molecule has 0 bridgehead atoms. The van der Waals surface area contributed by atoms with Gasteiger partial charge in [0.25, 0.3) is 0 Å². The van der Waals surface area contributed by atoms with Crippen molar-refractivity contribution in [2.24, 2.45) is 56.7 Å². The fraction of sp³-hybridized carbons (Fsp3) is 0.926. The number of esters is 1. The minimum Gasteiger partial charge on any atom is -0.479 e. The standard InChI is InChI=1S/C54H86O23/c1-21(2)23-11-16-54(49(69)77-47-39(64)34(59)32(57)26(73-47)20-70-45-41(66)37(62)42(25(19-55)72-45)75-46-38(63)33(58)31(56)22(3)71-46)18-17-52(7)24(30(23)54)9-10-28-51(6)14-13-29(50(4,5)27(51)12-15-53(28,52)8)74-48-40(65)35(60)36(61)43(76-48)44(67)68/h22-43,45-48,55-66H,1,9-20H2,2-8H3,(H,67,68)/t22-,23-,24+,25+,26+,27-,28+,29-,30+,31-,32+,33+,34-,35-,36-,37+,38+,39+,40+,41+,42+,43-,45+,46-,47-,48+,51-,52+,53+,54-/m0/s1. The van der Waals surface area contributed by atoms with Crippen molar-refractivity contribution in [1.82, 2.24) is 0 Å². The highest BCUT2D eigenvalue weighted by Gasteiger charge is 2.73. The summed E-state index contributed by atoms with van der Waals surface area (Å²) in [6, 6.07) is 0. The Hall–Kier alpha value is -2.08. The highest BCUT2D eigenvalue weighted by atomic mass is 16.8. The van der Waals surface area contributed by atoms with E-state index in [0.29, 0.717) is 32.1 Å². The summed E-state index contributed by atoms with van der Waals surface area (Å²) in [6.45, 7) is 17.9. The summed E-state index contributed by atoms with van der Waals surface area (Å²) in [6.07, 6.45) is -26.4. The molecule has 77 heavy (non-hydrogen) atoms. The summed E-state index contributed by atoms with van der Waals surface area (Å²) in [5.41, 5.74) is -1.10. The predicted octanol–water partition coefficient (Wildman–Crippen LogP) is -1.06. The number of allylic oxidation sites excluding steroid dienone is 1. The molecule has 5 aliphatic carbocycles. The van der Waals surface area contributed by atoms with Crippen molar-refractivity contribution < 1.29 is 114 Å². The van der Waals surface area contributed by atoms with Crippen LogP contribution in [0.15, 0.2) is 12.2 Å². The number of aliphatic carboxylic acids is 1. The van der Waals surface area contributed by atoms with Crippen molar-refractivity contribution in [3.63, 3.8) is 0 Å². The molecule has 9 aliphatic rings. The van der Waals surface area contributed by atoms with Crippen molar-refractivity contribution in [2.75, 3.05) is 13.2 Å². The molecule has 440 valence electrons. The molecule has 4 heterocycles. The van der Waals surface area contributed by atoms with Crippen LogP contribution in [0.1, 0.15) is 113 Å². The minimum absolute atomic E-state index is 0.0254. The molecular formula is C54H86O23. The molecule has 0 aromatic carbocycles. The number of carboxylic acids is 1. The van der Waals surface area contributed by atoms with E-state index >= 15 is 4.79 Å². The lowest BCUT2D eigenvalue weighted by Gasteiger charge is -2.73. The Balaban J connectivity index is 0.880. The SMILES string of the molecule is C=C(C)[C@@H]1CC[C@]2(C(=O)O[C@@H]3O[C@H](CO[C@@H]4O[C@H](CO)[C@@H](O[C@@H]5O[C@@H](C)[C@H](O)[C@@H](O)[C@H]5O)[C@H](O)[C@H]4O)[C@@H](O)[C@H](O)[C@H]3O)CC[C@]3(C)[C@H](CC[C@@H]4[C@@]5(C)CC[C@H](O[C@@H]6O[C@H](C(=O)O)[C@@H](O)[C@H](O)[C@H]6O)C(C)(C)[C@@H]5CC[C@]43C)[C@@H]12. The first-order chi connectivity index (χ1) is 36.0. The zero-order chi connectivity index (χ0) is 56.4. The Morgan fingerprint density at radius 3 is 1.84 bits per heavy atom. The number of aliphatic hydroxyl groups is 12. The van der Waals surface area contributed by atoms with Crippen molar-refractivity contribution in [3.05, 3.63) is 12.2 Å². The van der Waals surface area contributed by atoms with E-state index in [2.05, 4.69) is 41.2 Å². The second-order valence-electron chi connectivity index (χ2n) is 25.8. The fourth-order valence-corrected chi connectivity index (χ4v) is 17.2. The van der Waals surface area contributed by atoms with Gasteiger partial charge in [0, 0.05) is 0 Å². The summed E-state index contributed by atoms with van der Waals surface area (Å²) in [5.74, 6) is -1.79. The molecule has 13 N–H and O–H groups in total. The quantitative estimate of drug-likeness (QED) is 0.0629. The van der Waals surface area contributed by atoms with Gasteiger partial charge in [0.2, 0.25) is 6.29 Å². The van der Waals surface area contributed by atoms with Crippen molar-refractivity contribution in [1.29, 1.82) is 0 Å². The number of carboxylic acid groups (broad SMARTS) is 1. The van der Waals surface area contributed by atoms with Gasteiger partial charge in [-0.3, -0.25) is 4.79 Å². The van der Waals surface area contributed by atoms with Crippen molar-refractivity contribution in [3.8, 4) is 0 Å². The summed E-state index contributed by atoms with van der Waals surface area (Å²) in [7, 11) is 0. The maximum Gasteiger partial charge on any atom is 0.335 e. The molecule has 0 amide bonds. The number of hydrogen-bond acceptors (Lipinski definition) is 22. The summed E-state index contributed by atoms with van der Waals surface area (Å²) >= 11 is 0. The number of rotatable bonds is 12. The van der Waals surface area contributed by atoms with E-state index in [1.807, 2.05) is 6.92 Å². The average Bonchev–Trinajstić information content (AvgIpc) is 3.79. The van der Waals surface area contributed by atoms with E-state index in [0.717, 1.165) is 37.7 Å². The highest BCUT2D eigenvalue weighted by Crippen LogP contribution is 2.78. The molecule has 23 nitrogen and oxygen atoms in total. The van der Waals surface area contributed by atoms with Gasteiger partial charge in [-0.1, -0.05) is 46.8 Å². The third kappa shape index (κ3) is 9.57. The molecule has 0 aromatic rings. The first-order valence-electron chi connectivity index (χ1n) is 27.7. The topological polar surface area (TPSA) is 371 Å². The van der Waals surface area contributed by atoms with Gasteiger partial charge >= 0.3 is 11.9 Å². The second kappa shape index (κ2) is 21.6. The van der Waals surface area contributed by atoms with Gasteiger partial charge in [-0.25, -0.2) is 4.79 Å². The second-order valence-corrected chi connectivity index (χ2v) is 25.8. The fourth-order valence-electron chi connectivity index (χ4n) is 17.2. The lowest BCUT2D eigenvalue weighted by atomic mass is 9.32. The Morgan fingerprint density at radius 2 is 1.19 bits per heavy atom. The average molecular weight is 1100 g/mol. The number of carbonyl (C=O) groups excluding carboxylic acids is 1. The van der Waals surface area contributed by atoms with Crippen LogP contribution in [0.25, 0.3) is 0 Å². The van der Waals surface area contributed by atoms with E-state index in [1.54, 1.807) is 0 Å². The molecular weight excluding hydrogens is 1020 g/mol. The molecule has 9 rings (SSSR count). The molecule has 0 radical (unpaired) electrons. The smallest absolute Gasteiger partial charge is 0.335 e. The molecule has 9 fully saturated rings. The molecule has 30 atom stereocenters. The molecule has 0 spiro atoms. The summed E-state index contributed by atoms with van der Waals surface area (Å²) in [5, 5.41) is 138. The van der Waals surface area contributed by atoms with E-state index in [4.69, 9.17) is 37.9 Å². The number of hydrogen-bond donors (Lipinski definition) is 13. The molecule has 0 aromatic heterocycles. The molecule has 5 saturated carbocycles. The van der Waals surface area contributed by atoms with Gasteiger partial charge in [0.15, 0.2) is 25.0 Å². The number of aliphatic hydroxyl groups excluding tert-OH is 12. The lowest BCUT2D eigenvalue weighted by molar-refractivity contribution is -0.361. The normalized spacial score (nSPS) is 54.5. The van der Waals surface area contributed by atoms with Crippen molar-refractivity contribution >= 4 is 11.9 Å². The van der Waals surface area contributed by atoms with Crippen LogP contribution in [0, 0.1) is 56.7 Å². The molecule has 23 heteroatoms. The monoisotopic (exact) mass is 1100 g/mol. The van der Waals surface area contributed by atoms with Crippen LogP contribution in [-0.4, -0.2) is 220 Å². The first-order valence-corrected chi connectivity index (χ1v) is 27.7. The largest absolute Gasteiger partial charge is 0.479 e. The van der Waals surface area contributed by atoms with Gasteiger partial charge in [0.1, 0.15) is 85.5 Å². The molecule has 4 saturated heterocycles. The first kappa shape index (κ1) is 59.5. The van der Waals surface area contributed by atoms with E-state index in [9.17, 15) is 71.2 Å². The van der Waals surface area contributed by atoms with Gasteiger partial charge in [-0.05, 0) is 129 Å². The number of fused-ring (bicyclic) bond motifs is 7. The van der Waals surface area contributed by atoms with Crippen LogP contribution in [0.5, 0.6) is 0 Å². The van der Waals surface area contributed by atoms with Gasteiger partial charge in [0.05, 0.1) is 30.8 Å². The number of carbonyl (C=O) groups is 2. The van der Waals surface area contributed by atoms with Gasteiger partial charge in [-0.15, -0.1) is 0 Å². The Kier molecular flexibility index (Phi) is 16.7. The maximum atomic E-state index is 15.1. The maximum absolute atomic E-state index is 15.1. The highest BCUT2D eigenvalue weighted by molar-refractivity contribution is 5.78. The molecule has 4 aliphatic heterocycles. The summed E-state index contributed by atoms with van der Waals surface area (Å²) < 4.78 is 46.8. The zero-order valence-electron chi connectivity index (χ0n) is 45.1. The predicted molar refractivity (Wildman–Crippen MR) is 262 cm³/mol. The van der Waals surface area contributed by atoms with E-state index in [1.165, 1.54) is 6.92 Å². The zero-order valence-corrected chi connectivity index (χ0v) is 45.1. The van der Waals surface area contributed by atoms with Crippen molar-refractivity contribution in [2.45, 2.75) is 242 Å².